The third kappa shape index (κ3) is 4.17. The molecule has 1 heterocycles. The summed E-state index contributed by atoms with van der Waals surface area (Å²) in [6.07, 6.45) is 3.82. The van der Waals surface area contributed by atoms with E-state index in [1.807, 2.05) is 24.3 Å². The third-order valence-corrected chi connectivity index (χ3v) is 3.10. The maximum Gasteiger partial charge on any atom is 0.319 e. The van der Waals surface area contributed by atoms with Crippen LogP contribution in [0.5, 0.6) is 0 Å². The van der Waals surface area contributed by atoms with Crippen LogP contribution in [0.1, 0.15) is 19.8 Å². The Hall–Kier alpha value is -2.63. The average molecular weight is 287 g/mol. The van der Waals surface area contributed by atoms with Crippen LogP contribution in [0.15, 0.2) is 36.7 Å². The normalized spacial score (nSPS) is 11.9. The van der Waals surface area contributed by atoms with Crippen LogP contribution in [0.4, 0.5) is 10.5 Å². The Kier molecular flexibility index (Phi) is 4.71. The minimum absolute atomic E-state index is 0.0292. The molecule has 0 saturated heterocycles. The van der Waals surface area contributed by atoms with Gasteiger partial charge < -0.3 is 15.7 Å². The molecule has 1 unspecified atom stereocenters. The molecule has 2 amide bonds. The highest BCUT2D eigenvalue weighted by Gasteiger charge is 2.10. The van der Waals surface area contributed by atoms with Gasteiger partial charge in [0.05, 0.1) is 5.69 Å². The third-order valence-electron chi connectivity index (χ3n) is 3.10. The Morgan fingerprint density at radius 1 is 1.33 bits per heavy atom. The number of fused-ring (bicyclic) bond motifs is 1. The lowest BCUT2D eigenvalue weighted by molar-refractivity contribution is -0.137. The number of nitrogens with one attached hydrogen (secondary N) is 2. The number of rotatable bonds is 5. The number of carboxylic acid groups (broad SMARTS) is 1. The molecule has 0 aliphatic rings. The van der Waals surface area contributed by atoms with Gasteiger partial charge in [-0.2, -0.15) is 0 Å². The molecule has 2 rings (SSSR count). The number of carbonyl (C=O) groups is 2. The van der Waals surface area contributed by atoms with Crippen molar-refractivity contribution in [3.05, 3.63) is 36.7 Å². The number of pyridine rings is 1. The summed E-state index contributed by atoms with van der Waals surface area (Å²) in [5, 5.41) is 16.0. The van der Waals surface area contributed by atoms with Gasteiger partial charge in [0.15, 0.2) is 0 Å². The molecule has 21 heavy (non-hydrogen) atoms. The smallest absolute Gasteiger partial charge is 0.319 e. The number of anilines is 1. The molecule has 0 aliphatic carbocycles. The number of aromatic nitrogens is 1. The van der Waals surface area contributed by atoms with Crippen LogP contribution in [0.25, 0.3) is 10.8 Å². The summed E-state index contributed by atoms with van der Waals surface area (Å²) in [6.45, 7) is 1.77. The van der Waals surface area contributed by atoms with Crippen LogP contribution in [0.3, 0.4) is 0 Å². The quantitative estimate of drug-likeness (QED) is 0.788. The van der Waals surface area contributed by atoms with Gasteiger partial charge in [-0.3, -0.25) is 9.78 Å². The van der Waals surface area contributed by atoms with Gasteiger partial charge >= 0.3 is 12.0 Å². The zero-order valence-corrected chi connectivity index (χ0v) is 11.7. The molecular formula is C15H17N3O3. The van der Waals surface area contributed by atoms with Crippen LogP contribution in [-0.4, -0.2) is 28.1 Å². The van der Waals surface area contributed by atoms with E-state index in [1.165, 1.54) is 0 Å². The molecule has 1 aromatic heterocycles. The minimum atomic E-state index is -0.870. The number of benzene rings is 1. The van der Waals surface area contributed by atoms with E-state index in [1.54, 1.807) is 19.3 Å². The lowest BCUT2D eigenvalue weighted by atomic mass is 10.1. The van der Waals surface area contributed by atoms with Gasteiger partial charge in [-0.15, -0.1) is 0 Å². The summed E-state index contributed by atoms with van der Waals surface area (Å²) in [7, 11) is 0. The van der Waals surface area contributed by atoms with Crippen molar-refractivity contribution in [2.24, 2.45) is 0 Å². The van der Waals surface area contributed by atoms with E-state index >= 15 is 0 Å². The number of carbonyl (C=O) groups excluding carboxylic acids is 1. The first-order valence-electron chi connectivity index (χ1n) is 6.68. The van der Waals surface area contributed by atoms with E-state index in [0.29, 0.717) is 12.1 Å². The highest BCUT2D eigenvalue weighted by Crippen LogP contribution is 2.21. The lowest BCUT2D eigenvalue weighted by Gasteiger charge is -2.14. The molecular weight excluding hydrogens is 270 g/mol. The number of hydrogen-bond acceptors (Lipinski definition) is 3. The van der Waals surface area contributed by atoms with Crippen LogP contribution in [0.2, 0.25) is 0 Å². The predicted molar refractivity (Wildman–Crippen MR) is 80.2 cm³/mol. The summed E-state index contributed by atoms with van der Waals surface area (Å²) in [5.74, 6) is -0.870. The number of nitrogens with zero attached hydrogens (tertiary/aromatic N) is 1. The first kappa shape index (κ1) is 14.8. The maximum atomic E-state index is 11.9. The summed E-state index contributed by atoms with van der Waals surface area (Å²) in [4.78, 5) is 26.5. The Balaban J connectivity index is 2.00. The van der Waals surface area contributed by atoms with Crippen molar-refractivity contribution in [3.8, 4) is 0 Å². The van der Waals surface area contributed by atoms with Gasteiger partial charge in [0.1, 0.15) is 0 Å². The van der Waals surface area contributed by atoms with E-state index in [2.05, 4.69) is 15.6 Å². The fourth-order valence-electron chi connectivity index (χ4n) is 2.03. The van der Waals surface area contributed by atoms with Crippen LogP contribution >= 0.6 is 0 Å². The van der Waals surface area contributed by atoms with Crippen molar-refractivity contribution >= 4 is 28.5 Å². The summed E-state index contributed by atoms with van der Waals surface area (Å²) >= 11 is 0. The molecule has 110 valence electrons. The van der Waals surface area contributed by atoms with E-state index in [-0.39, 0.29) is 18.5 Å². The van der Waals surface area contributed by atoms with Gasteiger partial charge in [-0.25, -0.2) is 4.79 Å². The van der Waals surface area contributed by atoms with E-state index in [0.717, 1.165) is 10.8 Å². The standard InChI is InChI=1S/C15H17N3O3/c1-10(5-6-14(19)20)17-15(21)18-13-4-2-3-11-9-16-8-7-12(11)13/h2-4,7-10H,5-6H2,1H3,(H,19,20)(H2,17,18,21). The maximum absolute atomic E-state index is 11.9. The van der Waals surface area contributed by atoms with Crippen molar-refractivity contribution in [2.75, 3.05) is 5.32 Å². The SMILES string of the molecule is CC(CCC(=O)O)NC(=O)Nc1cccc2cnccc12. The molecule has 3 N–H and O–H groups in total. The number of hydrogen-bond donors (Lipinski definition) is 3. The van der Waals surface area contributed by atoms with Crippen molar-refractivity contribution in [1.82, 2.24) is 10.3 Å². The molecule has 0 saturated carbocycles. The highest BCUT2D eigenvalue weighted by atomic mass is 16.4. The molecule has 6 nitrogen and oxygen atoms in total. The summed E-state index contributed by atoms with van der Waals surface area (Å²) < 4.78 is 0. The predicted octanol–water partition coefficient (Wildman–Crippen LogP) is 2.61. The summed E-state index contributed by atoms with van der Waals surface area (Å²) in [5.41, 5.74) is 0.692. The number of aliphatic carboxylic acids is 1. The molecule has 6 heteroatoms. The van der Waals surface area contributed by atoms with Crippen molar-refractivity contribution in [2.45, 2.75) is 25.8 Å². The summed E-state index contributed by atoms with van der Waals surface area (Å²) in [6, 6.07) is 6.84. The topological polar surface area (TPSA) is 91.3 Å². The molecule has 1 aromatic carbocycles. The Morgan fingerprint density at radius 3 is 2.90 bits per heavy atom. The van der Waals surface area contributed by atoms with Gasteiger partial charge in [0.2, 0.25) is 0 Å². The van der Waals surface area contributed by atoms with Gasteiger partial charge in [0.25, 0.3) is 0 Å². The Morgan fingerprint density at radius 2 is 2.14 bits per heavy atom. The van der Waals surface area contributed by atoms with Gasteiger partial charge in [-0.1, -0.05) is 12.1 Å². The first-order chi connectivity index (χ1) is 10.1. The highest BCUT2D eigenvalue weighted by molar-refractivity contribution is 6.01. The minimum Gasteiger partial charge on any atom is -0.481 e. The zero-order chi connectivity index (χ0) is 15.2. The second kappa shape index (κ2) is 6.69. The molecule has 2 aromatic rings. The fourth-order valence-corrected chi connectivity index (χ4v) is 2.03. The van der Waals surface area contributed by atoms with Crippen molar-refractivity contribution < 1.29 is 14.7 Å². The van der Waals surface area contributed by atoms with Crippen molar-refractivity contribution in [1.29, 1.82) is 0 Å². The Bertz CT molecular complexity index is 652. The lowest BCUT2D eigenvalue weighted by Crippen LogP contribution is -2.36. The van der Waals surface area contributed by atoms with Crippen LogP contribution in [-0.2, 0) is 4.79 Å². The van der Waals surface area contributed by atoms with Crippen molar-refractivity contribution in [3.63, 3.8) is 0 Å². The Labute approximate surface area is 122 Å². The number of amides is 2. The fraction of sp³-hybridized carbons (Fsp3) is 0.267. The van der Waals surface area contributed by atoms with E-state index in [9.17, 15) is 9.59 Å². The van der Waals surface area contributed by atoms with E-state index < -0.39 is 5.97 Å². The van der Waals surface area contributed by atoms with Gasteiger partial charge in [0, 0.05) is 35.6 Å². The number of carboxylic acids is 1. The second-order valence-electron chi connectivity index (χ2n) is 4.83. The molecule has 0 bridgehead atoms. The first-order valence-corrected chi connectivity index (χ1v) is 6.68. The number of urea groups is 1. The van der Waals surface area contributed by atoms with Crippen LogP contribution in [0, 0.1) is 0 Å². The molecule has 0 radical (unpaired) electrons. The average Bonchev–Trinajstić information content (AvgIpc) is 2.45. The monoisotopic (exact) mass is 287 g/mol. The molecule has 1 atom stereocenters. The van der Waals surface area contributed by atoms with Gasteiger partial charge in [-0.05, 0) is 25.5 Å². The zero-order valence-electron chi connectivity index (χ0n) is 11.7. The van der Waals surface area contributed by atoms with Crippen LogP contribution < -0.4 is 10.6 Å². The molecule has 0 aliphatic heterocycles. The largest absolute Gasteiger partial charge is 0.481 e. The second-order valence-corrected chi connectivity index (χ2v) is 4.83. The molecule has 0 fully saturated rings. The van der Waals surface area contributed by atoms with E-state index in [4.69, 9.17) is 5.11 Å². The molecule has 0 spiro atoms.